The second kappa shape index (κ2) is 7.81. The van der Waals surface area contributed by atoms with Gasteiger partial charge in [-0.2, -0.15) is 5.26 Å². The number of rotatable bonds is 7. The molecule has 0 saturated carbocycles. The number of nitriles is 1. The molecule has 0 aromatic heterocycles. The predicted molar refractivity (Wildman–Crippen MR) is 74.6 cm³/mol. The van der Waals surface area contributed by atoms with Crippen LogP contribution in [0.2, 0.25) is 0 Å². The summed E-state index contributed by atoms with van der Waals surface area (Å²) in [5, 5.41) is 8.97. The van der Waals surface area contributed by atoms with Gasteiger partial charge in [0.25, 0.3) is 5.91 Å². The van der Waals surface area contributed by atoms with Crippen LogP contribution in [0.15, 0.2) is 11.1 Å². The van der Waals surface area contributed by atoms with E-state index in [1.165, 1.54) is 4.90 Å². The molecule has 0 N–H and O–H groups in total. The van der Waals surface area contributed by atoms with Crippen molar-refractivity contribution in [2.45, 2.75) is 52.6 Å². The highest BCUT2D eigenvalue weighted by atomic mass is 16.5. The van der Waals surface area contributed by atoms with Crippen LogP contribution in [0.25, 0.3) is 0 Å². The second-order valence-electron chi connectivity index (χ2n) is 5.12. The Hall–Kier alpha value is -1.67. The van der Waals surface area contributed by atoms with E-state index in [1.54, 1.807) is 6.92 Å². The van der Waals surface area contributed by atoms with Gasteiger partial charge in [0.2, 0.25) is 5.91 Å². The summed E-state index contributed by atoms with van der Waals surface area (Å²) < 4.78 is 5.59. The third-order valence-corrected chi connectivity index (χ3v) is 3.37. The first-order valence-corrected chi connectivity index (χ1v) is 7.07. The molecule has 0 saturated heterocycles. The number of amides is 2. The summed E-state index contributed by atoms with van der Waals surface area (Å²) in [4.78, 5) is 25.1. The minimum absolute atomic E-state index is 0.000288. The van der Waals surface area contributed by atoms with Gasteiger partial charge in [0, 0.05) is 19.6 Å². The summed E-state index contributed by atoms with van der Waals surface area (Å²) in [7, 11) is 0. The molecule has 0 aliphatic carbocycles. The van der Waals surface area contributed by atoms with Gasteiger partial charge in [-0.05, 0) is 32.3 Å². The van der Waals surface area contributed by atoms with E-state index < -0.39 is 5.91 Å². The van der Waals surface area contributed by atoms with Crippen LogP contribution < -0.4 is 0 Å². The van der Waals surface area contributed by atoms with Crippen molar-refractivity contribution in [3.8, 4) is 6.07 Å². The molecule has 20 heavy (non-hydrogen) atoms. The molecule has 0 bridgehead atoms. The summed E-state index contributed by atoms with van der Waals surface area (Å²) in [6, 6.07) is 1.89. The zero-order valence-corrected chi connectivity index (χ0v) is 12.4. The molecule has 2 amide bonds. The van der Waals surface area contributed by atoms with E-state index in [0.29, 0.717) is 25.1 Å². The van der Waals surface area contributed by atoms with Crippen molar-refractivity contribution in [3.05, 3.63) is 11.1 Å². The molecular formula is C15H22N2O3. The van der Waals surface area contributed by atoms with Crippen molar-refractivity contribution in [2.24, 2.45) is 0 Å². The smallest absolute Gasteiger partial charge is 0.271 e. The molecule has 0 radical (unpaired) electrons. The lowest BCUT2D eigenvalue weighted by molar-refractivity contribution is -0.143. The molecule has 0 aromatic rings. The lowest BCUT2D eigenvalue weighted by Gasteiger charge is -2.26. The first-order valence-electron chi connectivity index (χ1n) is 7.07. The van der Waals surface area contributed by atoms with E-state index >= 15 is 0 Å². The normalized spacial score (nSPS) is 17.4. The number of hydrogen-bond acceptors (Lipinski definition) is 4. The molecule has 110 valence electrons. The Kier molecular flexibility index (Phi) is 6.40. The van der Waals surface area contributed by atoms with Gasteiger partial charge in [-0.3, -0.25) is 14.5 Å². The number of ether oxygens (including phenoxy) is 1. The Morgan fingerprint density at radius 2 is 2.15 bits per heavy atom. The van der Waals surface area contributed by atoms with E-state index in [4.69, 9.17) is 10.00 Å². The van der Waals surface area contributed by atoms with E-state index in [2.05, 4.69) is 6.92 Å². The molecular weight excluding hydrogens is 256 g/mol. The molecule has 5 nitrogen and oxygen atoms in total. The number of carbonyl (C=O) groups is 2. The fourth-order valence-electron chi connectivity index (χ4n) is 2.03. The fourth-order valence-corrected chi connectivity index (χ4v) is 2.03. The first kappa shape index (κ1) is 16.4. The highest BCUT2D eigenvalue weighted by Gasteiger charge is 2.31. The molecule has 1 aliphatic heterocycles. The maximum absolute atomic E-state index is 12.0. The lowest BCUT2D eigenvalue weighted by atomic mass is 10.0. The minimum atomic E-state index is -0.470. The third kappa shape index (κ3) is 4.17. The summed E-state index contributed by atoms with van der Waals surface area (Å²) in [5.74, 6) is -0.700. The van der Waals surface area contributed by atoms with Gasteiger partial charge in [-0.1, -0.05) is 13.3 Å². The van der Waals surface area contributed by atoms with E-state index in [1.807, 2.05) is 13.0 Å². The molecule has 0 fully saturated rings. The van der Waals surface area contributed by atoms with Gasteiger partial charge in [0.15, 0.2) is 0 Å². The zero-order valence-electron chi connectivity index (χ0n) is 12.4. The summed E-state index contributed by atoms with van der Waals surface area (Å²) in [6.07, 6.45) is 2.83. The topological polar surface area (TPSA) is 70.4 Å². The van der Waals surface area contributed by atoms with Crippen LogP contribution in [-0.4, -0.2) is 36.0 Å². The van der Waals surface area contributed by atoms with Gasteiger partial charge in [-0.15, -0.1) is 0 Å². The number of unbranched alkanes of at least 4 members (excludes halogenated alkanes) is 1. The Labute approximate surface area is 120 Å². The molecule has 1 aliphatic rings. The zero-order chi connectivity index (χ0) is 15.1. The van der Waals surface area contributed by atoms with E-state index in [-0.39, 0.29) is 24.0 Å². The Morgan fingerprint density at radius 1 is 1.45 bits per heavy atom. The molecule has 5 heteroatoms. The van der Waals surface area contributed by atoms with Crippen LogP contribution in [0, 0.1) is 11.3 Å². The fraction of sp³-hybridized carbons (Fsp3) is 0.667. The quantitative estimate of drug-likeness (QED) is 0.528. The SMILES string of the molecule is CCCCOC(C)CCN1C(=O)CC(C)=C(C#N)C1=O. The maximum Gasteiger partial charge on any atom is 0.271 e. The van der Waals surface area contributed by atoms with Crippen LogP contribution in [0.3, 0.4) is 0 Å². The standard InChI is InChI=1S/C15H22N2O3/c1-4-5-8-20-12(3)6-7-17-14(18)9-11(2)13(10-16)15(17)19/h12H,4-9H2,1-3H3. The van der Waals surface area contributed by atoms with E-state index in [0.717, 1.165) is 12.8 Å². The third-order valence-electron chi connectivity index (χ3n) is 3.37. The van der Waals surface area contributed by atoms with Crippen molar-refractivity contribution >= 4 is 11.8 Å². The molecule has 1 atom stereocenters. The predicted octanol–water partition coefficient (Wildman–Crippen LogP) is 2.18. The van der Waals surface area contributed by atoms with Crippen molar-refractivity contribution in [1.82, 2.24) is 4.90 Å². The number of imide groups is 1. The Morgan fingerprint density at radius 3 is 2.75 bits per heavy atom. The minimum Gasteiger partial charge on any atom is -0.378 e. The second-order valence-corrected chi connectivity index (χ2v) is 5.12. The average molecular weight is 278 g/mol. The van der Waals surface area contributed by atoms with Crippen molar-refractivity contribution in [2.75, 3.05) is 13.2 Å². The number of carbonyl (C=O) groups excluding carboxylic acids is 2. The monoisotopic (exact) mass is 278 g/mol. The first-order chi connectivity index (χ1) is 9.51. The highest BCUT2D eigenvalue weighted by Crippen LogP contribution is 2.20. The largest absolute Gasteiger partial charge is 0.378 e. The van der Waals surface area contributed by atoms with Gasteiger partial charge in [0.05, 0.1) is 6.10 Å². The summed E-state index contributed by atoms with van der Waals surface area (Å²) >= 11 is 0. The van der Waals surface area contributed by atoms with Crippen molar-refractivity contribution in [3.63, 3.8) is 0 Å². The van der Waals surface area contributed by atoms with Gasteiger partial charge in [0.1, 0.15) is 11.6 Å². The Balaban J connectivity index is 2.54. The lowest BCUT2D eigenvalue weighted by Crippen LogP contribution is -2.42. The molecule has 1 rings (SSSR count). The van der Waals surface area contributed by atoms with Crippen LogP contribution in [-0.2, 0) is 14.3 Å². The number of nitrogens with zero attached hydrogens (tertiary/aromatic N) is 2. The van der Waals surface area contributed by atoms with Crippen LogP contribution in [0.5, 0.6) is 0 Å². The van der Waals surface area contributed by atoms with Gasteiger partial charge in [-0.25, -0.2) is 0 Å². The van der Waals surface area contributed by atoms with Crippen LogP contribution >= 0.6 is 0 Å². The summed E-state index contributed by atoms with van der Waals surface area (Å²) in [6.45, 7) is 6.69. The van der Waals surface area contributed by atoms with E-state index in [9.17, 15) is 9.59 Å². The molecule has 0 aromatic carbocycles. The van der Waals surface area contributed by atoms with Crippen LogP contribution in [0.4, 0.5) is 0 Å². The molecule has 1 unspecified atom stereocenters. The molecule has 0 spiro atoms. The number of hydrogen-bond donors (Lipinski definition) is 0. The average Bonchev–Trinajstić information content (AvgIpc) is 2.38. The Bertz CT molecular complexity index is 449. The summed E-state index contributed by atoms with van der Waals surface area (Å²) in [5.41, 5.74) is 0.662. The van der Waals surface area contributed by atoms with Crippen LogP contribution in [0.1, 0.15) is 46.5 Å². The molecule has 1 heterocycles. The van der Waals surface area contributed by atoms with Crippen molar-refractivity contribution < 1.29 is 14.3 Å². The van der Waals surface area contributed by atoms with Gasteiger partial charge < -0.3 is 4.74 Å². The maximum atomic E-state index is 12.0. The van der Waals surface area contributed by atoms with Gasteiger partial charge >= 0.3 is 0 Å². The highest BCUT2D eigenvalue weighted by molar-refractivity contribution is 6.10. The van der Waals surface area contributed by atoms with Crippen molar-refractivity contribution in [1.29, 1.82) is 5.26 Å².